The van der Waals surface area contributed by atoms with Crippen LogP contribution >= 0.6 is 0 Å². The lowest BCUT2D eigenvalue weighted by Crippen LogP contribution is -2.46. The molecular formula is C53H93NO5. The average Bonchev–Trinajstić information content (AvgIpc) is 3.23. The van der Waals surface area contributed by atoms with E-state index in [1.54, 1.807) is 0 Å². The molecule has 0 bridgehead atoms. The van der Waals surface area contributed by atoms with Gasteiger partial charge in [-0.05, 0) is 89.9 Å². The minimum absolute atomic E-state index is 0.0498. The van der Waals surface area contributed by atoms with Gasteiger partial charge in [0.25, 0.3) is 0 Å². The van der Waals surface area contributed by atoms with Gasteiger partial charge >= 0.3 is 5.97 Å². The summed E-state index contributed by atoms with van der Waals surface area (Å²) < 4.78 is 5.88. The summed E-state index contributed by atoms with van der Waals surface area (Å²) in [6.07, 6.45) is 58.3. The summed E-state index contributed by atoms with van der Waals surface area (Å²) in [5.74, 6) is -0.535. The van der Waals surface area contributed by atoms with Gasteiger partial charge in [-0.15, -0.1) is 0 Å². The van der Waals surface area contributed by atoms with E-state index >= 15 is 0 Å². The number of rotatable bonds is 43. The molecule has 0 saturated carbocycles. The molecule has 0 aliphatic rings. The first-order chi connectivity index (χ1) is 29.0. The van der Waals surface area contributed by atoms with Gasteiger partial charge in [-0.1, -0.05) is 196 Å². The second-order valence-corrected chi connectivity index (χ2v) is 16.5. The van der Waals surface area contributed by atoms with E-state index in [1.165, 1.54) is 64.2 Å². The summed E-state index contributed by atoms with van der Waals surface area (Å²) in [4.78, 5) is 26.0. The Bertz CT molecular complexity index is 1110. The summed E-state index contributed by atoms with van der Waals surface area (Å²) in [7, 11) is 0. The van der Waals surface area contributed by atoms with Crippen molar-refractivity contribution in [2.24, 2.45) is 0 Å². The minimum Gasteiger partial charge on any atom is -0.462 e. The van der Waals surface area contributed by atoms with Gasteiger partial charge in [0.15, 0.2) is 0 Å². The molecule has 340 valence electrons. The number of aliphatic hydroxyl groups is 2. The number of allylic oxidation sites excluding steroid dienone is 12. The van der Waals surface area contributed by atoms with Crippen LogP contribution in [0.3, 0.4) is 0 Å². The lowest BCUT2D eigenvalue weighted by Gasteiger charge is -2.24. The molecule has 1 amide bonds. The topological polar surface area (TPSA) is 95.9 Å². The second-order valence-electron chi connectivity index (χ2n) is 16.5. The zero-order valence-electron chi connectivity index (χ0n) is 38.6. The van der Waals surface area contributed by atoms with Gasteiger partial charge in [-0.2, -0.15) is 0 Å². The van der Waals surface area contributed by atoms with Crippen molar-refractivity contribution in [3.63, 3.8) is 0 Å². The van der Waals surface area contributed by atoms with Crippen LogP contribution in [0.1, 0.15) is 226 Å². The highest BCUT2D eigenvalue weighted by Crippen LogP contribution is 2.17. The number of aliphatic hydroxyl groups excluding tert-OH is 2. The molecule has 0 rings (SSSR count). The van der Waals surface area contributed by atoms with Crippen LogP contribution in [-0.2, 0) is 14.3 Å². The molecule has 6 nitrogen and oxygen atoms in total. The molecule has 3 atom stereocenters. The predicted octanol–water partition coefficient (Wildman–Crippen LogP) is 14.6. The maximum Gasteiger partial charge on any atom is 0.306 e. The number of carbonyl (C=O) groups excluding carboxylic acids is 2. The van der Waals surface area contributed by atoms with E-state index in [0.29, 0.717) is 19.3 Å². The molecule has 0 aliphatic heterocycles. The monoisotopic (exact) mass is 824 g/mol. The third-order valence-electron chi connectivity index (χ3n) is 10.8. The largest absolute Gasteiger partial charge is 0.462 e. The Balaban J connectivity index is 4.50. The quantitative estimate of drug-likeness (QED) is 0.0323. The first-order valence-corrected chi connectivity index (χ1v) is 24.7. The van der Waals surface area contributed by atoms with E-state index in [2.05, 4.69) is 99.0 Å². The van der Waals surface area contributed by atoms with Crippen molar-refractivity contribution in [3.05, 3.63) is 72.9 Å². The van der Waals surface area contributed by atoms with E-state index < -0.39 is 18.2 Å². The van der Waals surface area contributed by atoms with Crippen LogP contribution in [0.15, 0.2) is 72.9 Å². The third-order valence-corrected chi connectivity index (χ3v) is 10.8. The zero-order chi connectivity index (χ0) is 43.1. The third kappa shape index (κ3) is 41.8. The van der Waals surface area contributed by atoms with E-state index in [-0.39, 0.29) is 24.9 Å². The van der Waals surface area contributed by atoms with Crippen molar-refractivity contribution >= 4 is 11.9 Å². The highest BCUT2D eigenvalue weighted by atomic mass is 16.5. The average molecular weight is 824 g/mol. The molecule has 0 aromatic rings. The van der Waals surface area contributed by atoms with E-state index in [0.717, 1.165) is 116 Å². The highest BCUT2D eigenvalue weighted by Gasteiger charge is 2.24. The normalized spacial score (nSPS) is 13.9. The van der Waals surface area contributed by atoms with Crippen LogP contribution in [0.2, 0.25) is 0 Å². The minimum atomic E-state index is -0.798. The van der Waals surface area contributed by atoms with Crippen molar-refractivity contribution < 1.29 is 24.5 Å². The number of esters is 1. The smallest absolute Gasteiger partial charge is 0.306 e. The Labute approximate surface area is 364 Å². The standard InChI is InChI=1S/C53H93NO5/c1-4-7-10-13-16-19-21-23-24-25-26-27-28-30-32-34-37-40-43-46-53(58)59-49(44-41-38-35-18-15-12-9-6-3)47-52(57)54-50(48-55)51(56)45-42-39-36-33-31-29-22-20-17-14-11-8-5-2/h7,10,12,15-16,19,23-24,26-27,30,32,49-51,55-56H,4-6,8-9,11,13-14,17-18,20-22,25,28-29,31,33-48H2,1-3H3,(H,54,57)/b10-7-,15-12-,19-16-,24-23-,27-26-,32-30-. The molecule has 6 heteroatoms. The Hall–Kier alpha value is -2.70. The fourth-order valence-electron chi connectivity index (χ4n) is 7.05. The van der Waals surface area contributed by atoms with Crippen LogP contribution in [0, 0.1) is 0 Å². The van der Waals surface area contributed by atoms with Gasteiger partial charge in [0, 0.05) is 6.42 Å². The molecule has 0 spiro atoms. The zero-order valence-corrected chi connectivity index (χ0v) is 38.6. The molecular weight excluding hydrogens is 731 g/mol. The molecule has 0 aromatic carbocycles. The van der Waals surface area contributed by atoms with Crippen LogP contribution < -0.4 is 5.32 Å². The van der Waals surface area contributed by atoms with Gasteiger partial charge in [-0.25, -0.2) is 0 Å². The van der Waals surface area contributed by atoms with Gasteiger partial charge in [-0.3, -0.25) is 9.59 Å². The Morgan fingerprint density at radius 2 is 0.949 bits per heavy atom. The number of nitrogens with one attached hydrogen (secondary N) is 1. The van der Waals surface area contributed by atoms with Gasteiger partial charge in [0.1, 0.15) is 6.10 Å². The van der Waals surface area contributed by atoms with Crippen LogP contribution in [0.4, 0.5) is 0 Å². The number of ether oxygens (including phenoxy) is 1. The molecule has 59 heavy (non-hydrogen) atoms. The van der Waals surface area contributed by atoms with E-state index in [4.69, 9.17) is 4.74 Å². The van der Waals surface area contributed by atoms with Crippen LogP contribution in [0.5, 0.6) is 0 Å². The maximum absolute atomic E-state index is 13.1. The molecule has 3 unspecified atom stereocenters. The summed E-state index contributed by atoms with van der Waals surface area (Å²) in [6, 6.07) is -0.714. The van der Waals surface area contributed by atoms with E-state index in [9.17, 15) is 19.8 Å². The van der Waals surface area contributed by atoms with E-state index in [1.807, 2.05) is 0 Å². The molecule has 3 N–H and O–H groups in total. The molecule has 0 heterocycles. The summed E-state index contributed by atoms with van der Waals surface area (Å²) in [5, 5.41) is 23.7. The molecule has 0 radical (unpaired) electrons. The molecule has 0 fully saturated rings. The lowest BCUT2D eigenvalue weighted by molar-refractivity contribution is -0.151. The Morgan fingerprint density at radius 3 is 1.47 bits per heavy atom. The number of hydrogen-bond acceptors (Lipinski definition) is 5. The molecule has 0 saturated heterocycles. The van der Waals surface area contributed by atoms with Crippen molar-refractivity contribution in [1.82, 2.24) is 5.32 Å². The fourth-order valence-corrected chi connectivity index (χ4v) is 7.05. The van der Waals surface area contributed by atoms with Crippen molar-refractivity contribution in [2.45, 2.75) is 244 Å². The number of hydrogen-bond donors (Lipinski definition) is 3. The summed E-state index contributed by atoms with van der Waals surface area (Å²) in [5.41, 5.74) is 0. The van der Waals surface area contributed by atoms with Gasteiger partial charge < -0.3 is 20.3 Å². The number of unbranched alkanes of at least 4 members (excludes halogenated alkanes) is 19. The maximum atomic E-state index is 13.1. The van der Waals surface area contributed by atoms with Crippen molar-refractivity contribution in [2.75, 3.05) is 6.61 Å². The lowest BCUT2D eigenvalue weighted by atomic mass is 10.0. The van der Waals surface area contributed by atoms with Gasteiger partial charge in [0.05, 0.1) is 25.2 Å². The fraction of sp³-hybridized carbons (Fsp3) is 0.736. The van der Waals surface area contributed by atoms with Crippen LogP contribution in [0.25, 0.3) is 0 Å². The highest BCUT2D eigenvalue weighted by molar-refractivity contribution is 5.77. The van der Waals surface area contributed by atoms with Crippen molar-refractivity contribution in [3.8, 4) is 0 Å². The SMILES string of the molecule is CC/C=C\C/C=C\C/C=C\C/C=C\C/C=C\CCCCCC(=O)OC(CCCCC/C=C\CCC)CC(=O)NC(CO)C(O)CCCCCCCCCCCCCCC. The summed E-state index contributed by atoms with van der Waals surface area (Å²) in [6.45, 7) is 6.28. The first kappa shape index (κ1) is 56.3. The first-order valence-electron chi connectivity index (χ1n) is 24.7. The number of carbonyl (C=O) groups is 2. The summed E-state index contributed by atoms with van der Waals surface area (Å²) >= 11 is 0. The molecule has 0 aliphatic carbocycles. The predicted molar refractivity (Wildman–Crippen MR) is 255 cm³/mol. The Morgan fingerprint density at radius 1 is 0.508 bits per heavy atom. The Kier molecular flexibility index (Phi) is 44.2. The molecule has 0 aromatic heterocycles. The van der Waals surface area contributed by atoms with Crippen LogP contribution in [-0.4, -0.2) is 46.9 Å². The van der Waals surface area contributed by atoms with Crippen molar-refractivity contribution in [1.29, 1.82) is 0 Å². The second kappa shape index (κ2) is 46.4. The number of amides is 1. The van der Waals surface area contributed by atoms with Gasteiger partial charge in [0.2, 0.25) is 5.91 Å².